The van der Waals surface area contributed by atoms with E-state index in [2.05, 4.69) is 0 Å². The van der Waals surface area contributed by atoms with Gasteiger partial charge in [0.05, 0.1) is 31.9 Å². The molecule has 0 bridgehead atoms. The monoisotopic (exact) mass is 617 g/mol. The summed E-state index contributed by atoms with van der Waals surface area (Å²) >= 11 is 33.9. The van der Waals surface area contributed by atoms with Gasteiger partial charge < -0.3 is 14.6 Å². The standard InChI is InChI=1S/C17H17ClFNO4.C6HCl5O/c1-9(2)15-16(21)20(17(22)24-15)13-8-14(11(18)7-12(13)19)23-10-5-3-4-6-10;7-1-2(8)4(10)6(12)5(11)3(1)9/h7-8,10H,3-6H2,1-2H3;12H. The number of amides is 2. The van der Waals surface area contributed by atoms with Gasteiger partial charge in [-0.15, -0.1) is 0 Å². The molecule has 1 N–H and O–H groups in total. The van der Waals surface area contributed by atoms with Crippen LogP contribution in [0.4, 0.5) is 14.9 Å². The number of ether oxygens (including phenoxy) is 2. The molecule has 13 heteroatoms. The highest BCUT2D eigenvalue weighted by Gasteiger charge is 2.40. The van der Waals surface area contributed by atoms with E-state index in [9.17, 15) is 19.1 Å². The quantitative estimate of drug-likeness (QED) is 0.211. The Labute approximate surface area is 236 Å². The number of aromatic hydroxyl groups is 1. The highest BCUT2D eigenvalue weighted by molar-refractivity contribution is 6.55. The molecule has 36 heavy (non-hydrogen) atoms. The minimum atomic E-state index is -0.941. The second kappa shape index (κ2) is 11.8. The van der Waals surface area contributed by atoms with Gasteiger partial charge in [-0.2, -0.15) is 0 Å². The van der Waals surface area contributed by atoms with Gasteiger partial charge in [0, 0.05) is 6.07 Å². The van der Waals surface area contributed by atoms with Crippen LogP contribution in [0.15, 0.2) is 23.5 Å². The number of halogens is 7. The molecule has 0 spiro atoms. The van der Waals surface area contributed by atoms with E-state index < -0.39 is 17.8 Å². The number of hydrogen-bond acceptors (Lipinski definition) is 5. The van der Waals surface area contributed by atoms with Crippen molar-refractivity contribution >= 4 is 87.3 Å². The predicted octanol–water partition coefficient (Wildman–Crippen LogP) is 9.24. The number of cyclic esters (lactones) is 1. The number of phenols is 1. The molecule has 2 amide bonds. The fourth-order valence-electron chi connectivity index (χ4n) is 3.44. The Hall–Kier alpha value is -1.61. The summed E-state index contributed by atoms with van der Waals surface area (Å²) in [6, 6.07) is 2.32. The molecule has 1 saturated carbocycles. The average molecular weight is 620 g/mol. The van der Waals surface area contributed by atoms with Gasteiger partial charge in [0.2, 0.25) is 0 Å². The lowest BCUT2D eigenvalue weighted by Crippen LogP contribution is -2.29. The first kappa shape index (κ1) is 29.0. The van der Waals surface area contributed by atoms with Crippen LogP contribution in [0.1, 0.15) is 39.5 Å². The van der Waals surface area contributed by atoms with E-state index in [1.54, 1.807) is 13.8 Å². The van der Waals surface area contributed by atoms with Gasteiger partial charge in [0.1, 0.15) is 21.6 Å². The fraction of sp³-hybridized carbons (Fsp3) is 0.304. The number of rotatable bonds is 3. The molecular weight excluding hydrogens is 602 g/mol. The van der Waals surface area contributed by atoms with Crippen molar-refractivity contribution in [3.8, 4) is 11.5 Å². The molecule has 0 unspecified atom stereocenters. The van der Waals surface area contributed by atoms with Crippen molar-refractivity contribution < 1.29 is 28.6 Å². The number of hydrogen-bond donors (Lipinski definition) is 1. The maximum Gasteiger partial charge on any atom is 0.427 e. The zero-order valence-corrected chi connectivity index (χ0v) is 23.3. The Kier molecular flexibility index (Phi) is 9.52. The predicted molar refractivity (Wildman–Crippen MR) is 140 cm³/mol. The first-order valence-corrected chi connectivity index (χ1v) is 12.7. The summed E-state index contributed by atoms with van der Waals surface area (Å²) in [4.78, 5) is 25.0. The Morgan fingerprint density at radius 1 is 0.972 bits per heavy atom. The molecule has 1 aliphatic heterocycles. The third kappa shape index (κ3) is 5.93. The van der Waals surface area contributed by atoms with Crippen LogP contribution in [-0.2, 0) is 9.53 Å². The molecule has 2 aromatic carbocycles. The summed E-state index contributed by atoms with van der Waals surface area (Å²) in [5.41, 5.74) is 0.311. The van der Waals surface area contributed by atoms with E-state index in [0.29, 0.717) is 10.5 Å². The Morgan fingerprint density at radius 2 is 1.50 bits per heavy atom. The molecule has 194 valence electrons. The summed E-state index contributed by atoms with van der Waals surface area (Å²) in [6.45, 7) is 3.27. The number of carbonyl (C=O) groups is 2. The lowest BCUT2D eigenvalue weighted by molar-refractivity contribution is -0.114. The van der Waals surface area contributed by atoms with Gasteiger partial charge in [-0.3, -0.25) is 4.79 Å². The van der Waals surface area contributed by atoms with Crippen molar-refractivity contribution in [3.05, 3.63) is 59.4 Å². The highest BCUT2D eigenvalue weighted by Crippen LogP contribution is 2.47. The van der Waals surface area contributed by atoms with Gasteiger partial charge in [-0.25, -0.2) is 14.1 Å². The minimum Gasteiger partial charge on any atom is -0.505 e. The molecule has 0 atom stereocenters. The van der Waals surface area contributed by atoms with Crippen molar-refractivity contribution in [2.24, 2.45) is 0 Å². The molecule has 2 fully saturated rings. The van der Waals surface area contributed by atoms with Crippen LogP contribution in [0.25, 0.3) is 0 Å². The summed E-state index contributed by atoms with van der Waals surface area (Å²) < 4.78 is 25.1. The lowest BCUT2D eigenvalue weighted by atomic mass is 10.2. The summed E-state index contributed by atoms with van der Waals surface area (Å²) in [6.07, 6.45) is 3.00. The molecule has 4 rings (SSSR count). The van der Waals surface area contributed by atoms with Gasteiger partial charge in [0.15, 0.2) is 11.5 Å². The van der Waals surface area contributed by atoms with Gasteiger partial charge in [-0.05, 0) is 51.2 Å². The van der Waals surface area contributed by atoms with Crippen molar-refractivity contribution in [1.82, 2.24) is 0 Å². The number of phenolic OH excluding ortho intramolecular Hbond substituents is 1. The van der Waals surface area contributed by atoms with Crippen LogP contribution < -0.4 is 9.64 Å². The van der Waals surface area contributed by atoms with Crippen molar-refractivity contribution in [1.29, 1.82) is 0 Å². The second-order valence-corrected chi connectivity index (χ2v) is 10.3. The normalized spacial score (nSPS) is 15.7. The molecule has 1 saturated heterocycles. The van der Waals surface area contributed by atoms with Gasteiger partial charge in [0.25, 0.3) is 0 Å². The van der Waals surface area contributed by atoms with Crippen LogP contribution >= 0.6 is 69.6 Å². The SMILES string of the molecule is CC(C)=C1OC(=O)N(c2cc(OC3CCCC3)c(Cl)cc2F)C1=O.Oc1c(Cl)c(Cl)c(Cl)c(Cl)c1Cl. The number of benzene rings is 2. The average Bonchev–Trinajstić information content (AvgIpc) is 3.45. The molecular formula is C23H18Cl6FNO5. The van der Waals surface area contributed by atoms with Crippen molar-refractivity contribution in [3.63, 3.8) is 0 Å². The lowest BCUT2D eigenvalue weighted by Gasteiger charge is -2.18. The molecule has 6 nitrogen and oxygen atoms in total. The topological polar surface area (TPSA) is 76.1 Å². The number of imide groups is 1. The van der Waals surface area contributed by atoms with Gasteiger partial charge in [-0.1, -0.05) is 69.6 Å². The summed E-state index contributed by atoms with van der Waals surface area (Å²) in [5.74, 6) is -1.69. The van der Waals surface area contributed by atoms with Gasteiger partial charge >= 0.3 is 12.0 Å². The van der Waals surface area contributed by atoms with E-state index in [0.717, 1.165) is 31.7 Å². The maximum absolute atomic E-state index is 14.3. The first-order valence-electron chi connectivity index (χ1n) is 10.4. The van der Waals surface area contributed by atoms with Crippen LogP contribution in [0.5, 0.6) is 11.5 Å². The number of nitrogens with zero attached hydrogens (tertiary/aromatic N) is 1. The zero-order chi connectivity index (χ0) is 26.9. The maximum atomic E-state index is 14.3. The number of allylic oxidation sites excluding steroid dienone is 1. The number of carbonyl (C=O) groups excluding carboxylic acids is 2. The summed E-state index contributed by atoms with van der Waals surface area (Å²) in [7, 11) is 0. The zero-order valence-electron chi connectivity index (χ0n) is 18.7. The Morgan fingerprint density at radius 3 is 2.00 bits per heavy atom. The molecule has 0 aromatic heterocycles. The molecule has 0 radical (unpaired) electrons. The van der Waals surface area contributed by atoms with E-state index >= 15 is 0 Å². The first-order chi connectivity index (χ1) is 16.8. The molecule has 2 aromatic rings. The number of anilines is 1. The van der Waals surface area contributed by atoms with Crippen molar-refractivity contribution in [2.75, 3.05) is 4.90 Å². The molecule has 1 aliphatic carbocycles. The largest absolute Gasteiger partial charge is 0.505 e. The smallest absolute Gasteiger partial charge is 0.427 e. The van der Waals surface area contributed by atoms with E-state index in [-0.39, 0.29) is 59.2 Å². The van der Waals surface area contributed by atoms with Crippen LogP contribution in [0.3, 0.4) is 0 Å². The second-order valence-electron chi connectivity index (χ2n) is 8.01. The molecule has 2 aliphatic rings. The highest BCUT2D eigenvalue weighted by atomic mass is 35.5. The van der Waals surface area contributed by atoms with E-state index in [1.807, 2.05) is 0 Å². The van der Waals surface area contributed by atoms with E-state index in [1.165, 1.54) is 6.07 Å². The summed E-state index contributed by atoms with van der Waals surface area (Å²) in [5, 5.41) is 9.12. The van der Waals surface area contributed by atoms with Crippen LogP contribution in [-0.4, -0.2) is 23.2 Å². The minimum absolute atomic E-state index is 0.00904. The van der Waals surface area contributed by atoms with E-state index in [4.69, 9.17) is 79.1 Å². The van der Waals surface area contributed by atoms with Crippen LogP contribution in [0, 0.1) is 5.82 Å². The Balaban J connectivity index is 0.000000253. The molecule has 1 heterocycles. The fourth-order valence-corrected chi connectivity index (χ4v) is 4.77. The van der Waals surface area contributed by atoms with Crippen molar-refractivity contribution in [2.45, 2.75) is 45.6 Å². The third-order valence-electron chi connectivity index (χ3n) is 5.25. The third-order valence-corrected chi connectivity index (χ3v) is 7.80. The van der Waals surface area contributed by atoms with Crippen LogP contribution in [0.2, 0.25) is 30.1 Å². The Bertz CT molecular complexity index is 1150.